The Balaban J connectivity index is 1.97. The van der Waals surface area contributed by atoms with Crippen molar-refractivity contribution < 1.29 is 0 Å². The van der Waals surface area contributed by atoms with Crippen molar-refractivity contribution in [2.24, 2.45) is 23.7 Å². The van der Waals surface area contributed by atoms with Gasteiger partial charge >= 0.3 is 0 Å². The van der Waals surface area contributed by atoms with Gasteiger partial charge in [0.2, 0.25) is 0 Å². The molecule has 4 atom stereocenters. The minimum Gasteiger partial charge on any atom is -0.0879 e. The SMILES string of the molecule is C1=C[C@H]2C3CCC(C3)[C@@H]2C1. The molecule has 0 nitrogen and oxygen atoms in total. The molecule has 0 heterocycles. The lowest BCUT2D eigenvalue weighted by molar-refractivity contribution is 0.285. The Hall–Kier alpha value is -0.260. The summed E-state index contributed by atoms with van der Waals surface area (Å²) in [6, 6.07) is 0. The van der Waals surface area contributed by atoms with Gasteiger partial charge in [-0.25, -0.2) is 0 Å². The molecule has 0 aliphatic heterocycles. The third-order valence-corrected chi connectivity index (χ3v) is 3.92. The quantitative estimate of drug-likeness (QED) is 0.447. The second-order valence-corrected chi connectivity index (χ2v) is 4.24. The van der Waals surface area contributed by atoms with Crippen molar-refractivity contribution in [1.82, 2.24) is 0 Å². The van der Waals surface area contributed by atoms with Crippen LogP contribution in [0.4, 0.5) is 0 Å². The van der Waals surface area contributed by atoms with Gasteiger partial charge in [0.25, 0.3) is 0 Å². The van der Waals surface area contributed by atoms with E-state index in [9.17, 15) is 0 Å². The monoisotopic (exact) mass is 134 g/mol. The molecule has 10 heavy (non-hydrogen) atoms. The highest BCUT2D eigenvalue weighted by Crippen LogP contribution is 2.56. The molecule has 0 heteroatoms. The van der Waals surface area contributed by atoms with Crippen molar-refractivity contribution in [1.29, 1.82) is 0 Å². The Bertz CT molecular complexity index is 180. The van der Waals surface area contributed by atoms with Crippen molar-refractivity contribution in [2.75, 3.05) is 0 Å². The molecule has 0 amide bonds. The molecular weight excluding hydrogens is 120 g/mol. The fraction of sp³-hybridized carbons (Fsp3) is 0.800. The van der Waals surface area contributed by atoms with E-state index in [0.29, 0.717) is 0 Å². The van der Waals surface area contributed by atoms with Crippen molar-refractivity contribution in [3.63, 3.8) is 0 Å². The van der Waals surface area contributed by atoms with E-state index in [1.807, 2.05) is 0 Å². The summed E-state index contributed by atoms with van der Waals surface area (Å²) in [7, 11) is 0. The Morgan fingerprint density at radius 2 is 2.00 bits per heavy atom. The number of rotatable bonds is 0. The molecule has 0 N–H and O–H groups in total. The first kappa shape index (κ1) is 5.40. The minimum atomic E-state index is 1.03. The van der Waals surface area contributed by atoms with E-state index in [0.717, 1.165) is 23.7 Å². The zero-order valence-corrected chi connectivity index (χ0v) is 6.29. The van der Waals surface area contributed by atoms with E-state index in [2.05, 4.69) is 12.2 Å². The molecule has 2 fully saturated rings. The molecule has 0 aromatic rings. The largest absolute Gasteiger partial charge is 0.0879 e. The Labute approximate surface area is 62.3 Å². The third kappa shape index (κ3) is 0.492. The Morgan fingerprint density at radius 3 is 2.90 bits per heavy atom. The fourth-order valence-corrected chi connectivity index (χ4v) is 3.50. The van der Waals surface area contributed by atoms with Crippen LogP contribution in [-0.2, 0) is 0 Å². The van der Waals surface area contributed by atoms with Crippen LogP contribution in [-0.4, -0.2) is 0 Å². The standard InChI is InChI=1S/C10H14/c1-2-9-7-4-5-8(6-7)10(9)3-1/h1-2,7-10H,3-6H2/t7?,8?,9-,10-/m0/s1. The molecule has 3 rings (SSSR count). The van der Waals surface area contributed by atoms with Gasteiger partial charge in [-0.2, -0.15) is 0 Å². The maximum atomic E-state index is 2.49. The molecule has 3 aliphatic carbocycles. The lowest BCUT2D eigenvalue weighted by Gasteiger charge is -2.23. The maximum absolute atomic E-state index is 2.49. The van der Waals surface area contributed by atoms with Gasteiger partial charge in [0.05, 0.1) is 0 Å². The van der Waals surface area contributed by atoms with Crippen LogP contribution in [0.3, 0.4) is 0 Å². The number of hydrogen-bond donors (Lipinski definition) is 0. The van der Waals surface area contributed by atoms with Crippen LogP contribution in [0, 0.1) is 23.7 Å². The molecule has 2 bridgehead atoms. The van der Waals surface area contributed by atoms with E-state index < -0.39 is 0 Å². The Kier molecular flexibility index (Phi) is 0.898. The summed E-state index contributed by atoms with van der Waals surface area (Å²) < 4.78 is 0. The van der Waals surface area contributed by atoms with Gasteiger partial charge < -0.3 is 0 Å². The van der Waals surface area contributed by atoms with E-state index in [4.69, 9.17) is 0 Å². The molecule has 0 aromatic carbocycles. The zero-order chi connectivity index (χ0) is 6.55. The van der Waals surface area contributed by atoms with Crippen molar-refractivity contribution >= 4 is 0 Å². The average molecular weight is 134 g/mol. The molecule has 54 valence electrons. The van der Waals surface area contributed by atoms with Gasteiger partial charge in [-0.15, -0.1) is 0 Å². The predicted octanol–water partition coefficient (Wildman–Crippen LogP) is 2.61. The summed E-state index contributed by atoms with van der Waals surface area (Å²) in [6.07, 6.45) is 11.0. The van der Waals surface area contributed by atoms with Gasteiger partial charge in [-0.3, -0.25) is 0 Å². The maximum Gasteiger partial charge on any atom is -0.0171 e. The van der Waals surface area contributed by atoms with E-state index in [1.165, 1.54) is 12.8 Å². The van der Waals surface area contributed by atoms with Crippen LogP contribution in [0.25, 0.3) is 0 Å². The third-order valence-electron chi connectivity index (χ3n) is 3.92. The average Bonchev–Trinajstić information content (AvgIpc) is 2.60. The predicted molar refractivity (Wildman–Crippen MR) is 41.6 cm³/mol. The summed E-state index contributed by atoms with van der Waals surface area (Å²) in [5.41, 5.74) is 0. The summed E-state index contributed by atoms with van der Waals surface area (Å²) in [5, 5.41) is 0. The molecule has 3 aliphatic rings. The van der Waals surface area contributed by atoms with E-state index >= 15 is 0 Å². The van der Waals surface area contributed by atoms with Crippen molar-refractivity contribution in [3.8, 4) is 0 Å². The molecule has 0 spiro atoms. The van der Waals surface area contributed by atoms with Crippen LogP contribution in [0.5, 0.6) is 0 Å². The molecule has 0 aromatic heterocycles. The minimum absolute atomic E-state index is 1.03. The molecular formula is C10H14. The van der Waals surface area contributed by atoms with Crippen LogP contribution in [0.2, 0.25) is 0 Å². The summed E-state index contributed by atoms with van der Waals surface area (Å²) in [6.45, 7) is 0. The first-order valence-corrected chi connectivity index (χ1v) is 4.62. The van der Waals surface area contributed by atoms with Crippen LogP contribution in [0.15, 0.2) is 12.2 Å². The summed E-state index contributed by atoms with van der Waals surface area (Å²) in [4.78, 5) is 0. The van der Waals surface area contributed by atoms with Crippen LogP contribution < -0.4 is 0 Å². The Morgan fingerprint density at radius 1 is 1.10 bits per heavy atom. The van der Waals surface area contributed by atoms with Gasteiger partial charge in [0, 0.05) is 0 Å². The molecule has 0 radical (unpaired) electrons. The lowest BCUT2D eigenvalue weighted by atomic mass is 9.82. The first-order chi connectivity index (χ1) is 4.95. The van der Waals surface area contributed by atoms with Gasteiger partial charge in [0.15, 0.2) is 0 Å². The fourth-order valence-electron chi connectivity index (χ4n) is 3.50. The van der Waals surface area contributed by atoms with Crippen molar-refractivity contribution in [3.05, 3.63) is 12.2 Å². The second-order valence-electron chi connectivity index (χ2n) is 4.24. The summed E-state index contributed by atoms with van der Waals surface area (Å²) in [5.74, 6) is 4.36. The number of hydrogen-bond acceptors (Lipinski definition) is 0. The van der Waals surface area contributed by atoms with Crippen molar-refractivity contribution in [2.45, 2.75) is 25.7 Å². The zero-order valence-electron chi connectivity index (χ0n) is 6.29. The van der Waals surface area contributed by atoms with Crippen LogP contribution >= 0.6 is 0 Å². The topological polar surface area (TPSA) is 0 Å². The van der Waals surface area contributed by atoms with Crippen LogP contribution in [0.1, 0.15) is 25.7 Å². The molecule has 2 saturated carbocycles. The highest BCUT2D eigenvalue weighted by molar-refractivity contribution is 5.11. The molecule has 2 unspecified atom stereocenters. The van der Waals surface area contributed by atoms with E-state index in [-0.39, 0.29) is 0 Å². The van der Waals surface area contributed by atoms with Gasteiger partial charge in [-0.1, -0.05) is 12.2 Å². The highest BCUT2D eigenvalue weighted by Gasteiger charge is 2.47. The lowest BCUT2D eigenvalue weighted by Crippen LogP contribution is -2.16. The van der Waals surface area contributed by atoms with Gasteiger partial charge in [0.1, 0.15) is 0 Å². The smallest absolute Gasteiger partial charge is 0.0171 e. The first-order valence-electron chi connectivity index (χ1n) is 4.62. The normalized spacial score (nSPS) is 56.0. The summed E-state index contributed by atoms with van der Waals surface area (Å²) >= 11 is 0. The van der Waals surface area contributed by atoms with E-state index in [1.54, 1.807) is 12.8 Å². The highest BCUT2D eigenvalue weighted by atomic mass is 14.5. The second kappa shape index (κ2) is 1.66. The number of fused-ring (bicyclic) bond motifs is 5. The number of allylic oxidation sites excluding steroid dienone is 2. The van der Waals surface area contributed by atoms with Gasteiger partial charge in [-0.05, 0) is 49.4 Å². The molecule has 0 saturated heterocycles.